The molecule has 2 aromatic carbocycles. The first-order valence-corrected chi connectivity index (χ1v) is 7.06. The molecule has 0 aliphatic carbocycles. The predicted octanol–water partition coefficient (Wildman–Crippen LogP) is 2.36. The Bertz CT molecular complexity index is 634. The molecule has 1 amide bonds. The second-order valence-corrected chi connectivity index (χ2v) is 4.71. The van der Waals surface area contributed by atoms with Gasteiger partial charge in [0.1, 0.15) is 5.75 Å². The number of rotatable bonds is 6. The minimum absolute atomic E-state index is 0.174. The van der Waals surface area contributed by atoms with Crippen LogP contribution in [0.4, 0.5) is 5.69 Å². The van der Waals surface area contributed by atoms with Crippen LogP contribution in [0.3, 0.4) is 0 Å². The highest BCUT2D eigenvalue weighted by Gasteiger charge is 2.01. The number of nitrogens with two attached hydrogens (primary N) is 1. The van der Waals surface area contributed by atoms with Gasteiger partial charge in [-0.15, -0.1) is 0 Å². The van der Waals surface area contributed by atoms with Gasteiger partial charge in [0.2, 0.25) is 5.91 Å². The number of nitrogens with zero attached hydrogens (tertiary/aromatic N) is 1. The summed E-state index contributed by atoms with van der Waals surface area (Å²) in [6.45, 7) is 2.57. The molecule has 0 heterocycles. The van der Waals surface area contributed by atoms with E-state index in [-0.39, 0.29) is 12.3 Å². The van der Waals surface area contributed by atoms with Crippen LogP contribution in [0.2, 0.25) is 0 Å². The number of hydrogen-bond donors (Lipinski definition) is 2. The van der Waals surface area contributed by atoms with Gasteiger partial charge in [-0.25, -0.2) is 5.43 Å². The number of nitrogen functional groups attached to an aromatic ring is 1. The average molecular weight is 297 g/mol. The standard InChI is InChI=1S/C17H19N3O2/c1-2-22-16-9-5-14(6-10-16)12-19-20-17(21)11-13-3-7-15(18)8-4-13/h3-10,12H,2,11,18H2,1H3,(H,20,21)/b19-12-. The van der Waals surface area contributed by atoms with Crippen molar-refractivity contribution in [1.82, 2.24) is 5.43 Å². The van der Waals surface area contributed by atoms with Crippen molar-refractivity contribution in [2.24, 2.45) is 5.10 Å². The zero-order chi connectivity index (χ0) is 15.8. The highest BCUT2D eigenvalue weighted by molar-refractivity contribution is 5.83. The third kappa shape index (κ3) is 4.94. The number of ether oxygens (including phenoxy) is 1. The molecule has 0 aliphatic heterocycles. The van der Waals surface area contributed by atoms with Gasteiger partial charge in [-0.1, -0.05) is 12.1 Å². The molecule has 0 saturated heterocycles. The van der Waals surface area contributed by atoms with E-state index in [1.807, 2.05) is 43.3 Å². The summed E-state index contributed by atoms with van der Waals surface area (Å²) in [4.78, 5) is 11.8. The van der Waals surface area contributed by atoms with Crippen LogP contribution < -0.4 is 15.9 Å². The molecule has 0 aliphatic rings. The number of carbonyl (C=O) groups excluding carboxylic acids is 1. The first-order chi connectivity index (χ1) is 10.7. The Balaban J connectivity index is 1.83. The molecule has 0 spiro atoms. The summed E-state index contributed by atoms with van der Waals surface area (Å²) >= 11 is 0. The second-order valence-electron chi connectivity index (χ2n) is 4.71. The predicted molar refractivity (Wildman–Crippen MR) is 87.9 cm³/mol. The first kappa shape index (κ1) is 15.6. The molecule has 3 N–H and O–H groups in total. The Morgan fingerprint density at radius 2 is 1.86 bits per heavy atom. The van der Waals surface area contributed by atoms with Gasteiger partial charge in [-0.05, 0) is 54.4 Å². The molecule has 2 rings (SSSR count). The van der Waals surface area contributed by atoms with Crippen LogP contribution in [-0.4, -0.2) is 18.7 Å². The van der Waals surface area contributed by atoms with Gasteiger partial charge < -0.3 is 10.5 Å². The summed E-state index contributed by atoms with van der Waals surface area (Å²) in [6.07, 6.45) is 1.86. The van der Waals surface area contributed by atoms with E-state index in [0.29, 0.717) is 12.3 Å². The molecule has 22 heavy (non-hydrogen) atoms. The zero-order valence-electron chi connectivity index (χ0n) is 12.5. The Morgan fingerprint density at radius 3 is 2.50 bits per heavy atom. The van der Waals surface area contributed by atoms with Gasteiger partial charge in [-0.2, -0.15) is 5.10 Å². The quantitative estimate of drug-likeness (QED) is 0.488. The maximum Gasteiger partial charge on any atom is 0.244 e. The van der Waals surface area contributed by atoms with Crippen LogP contribution in [-0.2, 0) is 11.2 Å². The molecular weight excluding hydrogens is 278 g/mol. The van der Waals surface area contributed by atoms with Crippen LogP contribution in [0, 0.1) is 0 Å². The van der Waals surface area contributed by atoms with Gasteiger partial charge >= 0.3 is 0 Å². The van der Waals surface area contributed by atoms with E-state index in [1.165, 1.54) is 0 Å². The molecule has 0 radical (unpaired) electrons. The first-order valence-electron chi connectivity index (χ1n) is 7.06. The normalized spacial score (nSPS) is 10.6. The van der Waals surface area contributed by atoms with E-state index in [1.54, 1.807) is 18.3 Å². The molecule has 0 atom stereocenters. The van der Waals surface area contributed by atoms with Gasteiger partial charge in [0.25, 0.3) is 0 Å². The number of hydrazone groups is 1. The van der Waals surface area contributed by atoms with Crippen molar-refractivity contribution in [2.45, 2.75) is 13.3 Å². The maximum absolute atomic E-state index is 11.8. The smallest absolute Gasteiger partial charge is 0.244 e. The van der Waals surface area contributed by atoms with Crippen molar-refractivity contribution in [3.8, 4) is 5.75 Å². The van der Waals surface area contributed by atoms with Crippen molar-refractivity contribution in [3.05, 3.63) is 59.7 Å². The number of hydrogen-bond acceptors (Lipinski definition) is 4. The Kier molecular flexibility index (Phi) is 5.54. The van der Waals surface area contributed by atoms with Crippen molar-refractivity contribution in [2.75, 3.05) is 12.3 Å². The van der Waals surface area contributed by atoms with Crippen molar-refractivity contribution < 1.29 is 9.53 Å². The lowest BCUT2D eigenvalue weighted by Gasteiger charge is -2.02. The van der Waals surface area contributed by atoms with Crippen LogP contribution >= 0.6 is 0 Å². The highest BCUT2D eigenvalue weighted by Crippen LogP contribution is 2.10. The molecule has 5 nitrogen and oxygen atoms in total. The molecular formula is C17H19N3O2. The summed E-state index contributed by atoms with van der Waals surface area (Å²) in [5.41, 5.74) is 10.6. The summed E-state index contributed by atoms with van der Waals surface area (Å²) in [5.74, 6) is 0.638. The molecule has 0 unspecified atom stereocenters. The maximum atomic E-state index is 11.8. The number of amides is 1. The van der Waals surface area contributed by atoms with Gasteiger partial charge in [0.15, 0.2) is 0 Å². The number of benzene rings is 2. The number of anilines is 1. The fourth-order valence-corrected chi connectivity index (χ4v) is 1.86. The van der Waals surface area contributed by atoms with Gasteiger partial charge in [-0.3, -0.25) is 4.79 Å². The highest BCUT2D eigenvalue weighted by atomic mass is 16.5. The lowest BCUT2D eigenvalue weighted by molar-refractivity contribution is -0.120. The number of carbonyl (C=O) groups is 1. The fourth-order valence-electron chi connectivity index (χ4n) is 1.86. The summed E-state index contributed by atoms with van der Waals surface area (Å²) in [6, 6.07) is 14.7. The Morgan fingerprint density at radius 1 is 1.18 bits per heavy atom. The third-order valence-corrected chi connectivity index (χ3v) is 2.94. The zero-order valence-corrected chi connectivity index (χ0v) is 12.5. The molecule has 114 valence electrons. The second kappa shape index (κ2) is 7.83. The molecule has 0 fully saturated rings. The van der Waals surface area contributed by atoms with Crippen LogP contribution in [0.25, 0.3) is 0 Å². The van der Waals surface area contributed by atoms with Crippen molar-refractivity contribution >= 4 is 17.8 Å². The van der Waals surface area contributed by atoms with E-state index in [4.69, 9.17) is 10.5 Å². The molecule has 5 heteroatoms. The molecule has 0 bridgehead atoms. The van der Waals surface area contributed by atoms with E-state index in [9.17, 15) is 4.79 Å². The fraction of sp³-hybridized carbons (Fsp3) is 0.176. The topological polar surface area (TPSA) is 76.7 Å². The van der Waals surface area contributed by atoms with E-state index >= 15 is 0 Å². The van der Waals surface area contributed by atoms with Crippen LogP contribution in [0.15, 0.2) is 53.6 Å². The number of nitrogens with one attached hydrogen (secondary N) is 1. The van der Waals surface area contributed by atoms with Crippen LogP contribution in [0.5, 0.6) is 5.75 Å². The van der Waals surface area contributed by atoms with E-state index in [2.05, 4.69) is 10.5 Å². The minimum atomic E-state index is -0.174. The summed E-state index contributed by atoms with van der Waals surface area (Å²) in [5, 5.41) is 3.94. The minimum Gasteiger partial charge on any atom is -0.494 e. The van der Waals surface area contributed by atoms with E-state index < -0.39 is 0 Å². The molecule has 0 saturated carbocycles. The van der Waals surface area contributed by atoms with Gasteiger partial charge in [0.05, 0.1) is 19.2 Å². The average Bonchev–Trinajstić information content (AvgIpc) is 2.52. The molecule has 0 aromatic heterocycles. The van der Waals surface area contributed by atoms with E-state index in [0.717, 1.165) is 16.9 Å². The van der Waals surface area contributed by atoms with Gasteiger partial charge in [0, 0.05) is 5.69 Å². The summed E-state index contributed by atoms with van der Waals surface area (Å²) in [7, 11) is 0. The Labute approximate surface area is 129 Å². The lowest BCUT2D eigenvalue weighted by Crippen LogP contribution is -2.19. The third-order valence-electron chi connectivity index (χ3n) is 2.94. The van der Waals surface area contributed by atoms with Crippen LogP contribution in [0.1, 0.15) is 18.1 Å². The Hall–Kier alpha value is -2.82. The molecule has 2 aromatic rings. The monoisotopic (exact) mass is 297 g/mol. The van der Waals surface area contributed by atoms with Crippen molar-refractivity contribution in [3.63, 3.8) is 0 Å². The largest absolute Gasteiger partial charge is 0.494 e. The van der Waals surface area contributed by atoms with Crippen molar-refractivity contribution in [1.29, 1.82) is 0 Å². The summed E-state index contributed by atoms with van der Waals surface area (Å²) < 4.78 is 5.36. The lowest BCUT2D eigenvalue weighted by atomic mass is 10.1. The SMILES string of the molecule is CCOc1ccc(/C=N\NC(=O)Cc2ccc(N)cc2)cc1.